The zero-order chi connectivity index (χ0) is 27.0. The van der Waals surface area contributed by atoms with Gasteiger partial charge in [-0.15, -0.1) is 11.3 Å². The number of benzene rings is 3. The maximum atomic E-state index is 14.0. The molecule has 1 amide bonds. The Kier molecular flexibility index (Phi) is 7.25. The SMILES string of the molecule is O=C1CC(c2ccc(N3CCOCC3)cc2)(c2csc(-c3ccccc3)c2)N(S)C(=O)C1c1ccccc1Cl. The number of thiophene rings is 1. The number of hydrogen-bond donors (Lipinski definition) is 1. The highest BCUT2D eigenvalue weighted by molar-refractivity contribution is 7.78. The first-order chi connectivity index (χ1) is 19.0. The molecule has 3 aromatic carbocycles. The second-order valence-electron chi connectivity index (χ2n) is 9.82. The molecule has 0 saturated carbocycles. The van der Waals surface area contributed by atoms with Crippen LogP contribution in [0.4, 0.5) is 5.69 Å². The summed E-state index contributed by atoms with van der Waals surface area (Å²) in [5.41, 5.74) is 3.31. The molecule has 2 saturated heterocycles. The lowest BCUT2D eigenvalue weighted by Crippen LogP contribution is -2.54. The van der Waals surface area contributed by atoms with Crippen LogP contribution in [0, 0.1) is 0 Å². The Hall–Kier alpha value is -3.10. The van der Waals surface area contributed by atoms with E-state index in [0.29, 0.717) is 23.8 Å². The normalized spacial score (nSPS) is 21.8. The number of halogens is 1. The van der Waals surface area contributed by atoms with Crippen molar-refractivity contribution in [2.45, 2.75) is 17.9 Å². The molecule has 0 spiro atoms. The minimum absolute atomic E-state index is 0.0833. The van der Waals surface area contributed by atoms with Gasteiger partial charge in [0.25, 0.3) is 0 Å². The summed E-state index contributed by atoms with van der Waals surface area (Å²) in [6, 6.07) is 27.4. The van der Waals surface area contributed by atoms with E-state index in [0.717, 1.165) is 40.3 Å². The van der Waals surface area contributed by atoms with Crippen LogP contribution in [0.3, 0.4) is 0 Å². The lowest BCUT2D eigenvalue weighted by molar-refractivity contribution is -0.142. The van der Waals surface area contributed by atoms with Gasteiger partial charge in [0.2, 0.25) is 5.91 Å². The van der Waals surface area contributed by atoms with Gasteiger partial charge in [-0.2, -0.15) is 0 Å². The van der Waals surface area contributed by atoms with Crippen molar-refractivity contribution in [1.29, 1.82) is 0 Å². The third-order valence-electron chi connectivity index (χ3n) is 7.64. The number of thiol groups is 1. The van der Waals surface area contributed by atoms with E-state index in [4.69, 9.17) is 29.2 Å². The van der Waals surface area contributed by atoms with Crippen LogP contribution in [0.1, 0.15) is 29.0 Å². The lowest BCUT2D eigenvalue weighted by atomic mass is 9.73. The molecule has 2 aliphatic heterocycles. The van der Waals surface area contributed by atoms with Gasteiger partial charge < -0.3 is 9.64 Å². The highest BCUT2D eigenvalue weighted by Crippen LogP contribution is 2.49. The Balaban J connectivity index is 1.45. The molecule has 0 aliphatic carbocycles. The predicted octanol–water partition coefficient (Wildman–Crippen LogP) is 6.58. The van der Waals surface area contributed by atoms with Crippen LogP contribution in [0.15, 0.2) is 90.3 Å². The monoisotopic (exact) mass is 574 g/mol. The number of nitrogens with zero attached hydrogens (tertiary/aromatic N) is 2. The predicted molar refractivity (Wildman–Crippen MR) is 160 cm³/mol. The van der Waals surface area contributed by atoms with Crippen LogP contribution < -0.4 is 4.90 Å². The summed E-state index contributed by atoms with van der Waals surface area (Å²) in [6.45, 7) is 3.04. The van der Waals surface area contributed by atoms with Gasteiger partial charge in [-0.3, -0.25) is 13.9 Å². The van der Waals surface area contributed by atoms with Gasteiger partial charge in [0.1, 0.15) is 11.5 Å². The van der Waals surface area contributed by atoms with E-state index in [-0.39, 0.29) is 18.1 Å². The van der Waals surface area contributed by atoms with Crippen LogP contribution in [0.5, 0.6) is 0 Å². The third kappa shape index (κ3) is 4.67. The number of ether oxygens (including phenoxy) is 1. The van der Waals surface area contributed by atoms with E-state index < -0.39 is 11.5 Å². The number of Topliss-reactive ketones (excluding diaryl/α,β-unsaturated/α-hetero) is 1. The van der Waals surface area contributed by atoms with Crippen molar-refractivity contribution in [2.24, 2.45) is 0 Å². The summed E-state index contributed by atoms with van der Waals surface area (Å²) in [7, 11) is 0. The van der Waals surface area contributed by atoms with Crippen LogP contribution in [-0.4, -0.2) is 42.3 Å². The number of carbonyl (C=O) groups is 2. The molecule has 2 fully saturated rings. The van der Waals surface area contributed by atoms with Gasteiger partial charge in [-0.1, -0.05) is 85.1 Å². The summed E-state index contributed by atoms with van der Waals surface area (Å²) in [4.78, 5) is 31.2. The first-order valence-corrected chi connectivity index (χ1v) is 14.5. The number of amides is 1. The maximum Gasteiger partial charge on any atom is 0.248 e. The van der Waals surface area contributed by atoms with Gasteiger partial charge in [0.05, 0.1) is 13.2 Å². The Labute approximate surface area is 242 Å². The minimum atomic E-state index is -1.07. The molecule has 1 aromatic heterocycles. The van der Waals surface area contributed by atoms with Gasteiger partial charge >= 0.3 is 0 Å². The molecule has 0 N–H and O–H groups in total. The van der Waals surface area contributed by atoms with Crippen molar-refractivity contribution in [1.82, 2.24) is 4.31 Å². The number of morpholine rings is 1. The Morgan fingerprint density at radius 3 is 2.31 bits per heavy atom. The van der Waals surface area contributed by atoms with E-state index >= 15 is 0 Å². The summed E-state index contributed by atoms with van der Waals surface area (Å²) >= 11 is 12.9. The molecule has 2 atom stereocenters. The molecule has 2 unspecified atom stereocenters. The Bertz CT molecular complexity index is 1500. The molecule has 5 nitrogen and oxygen atoms in total. The van der Waals surface area contributed by atoms with Gasteiger partial charge in [0, 0.05) is 35.1 Å². The van der Waals surface area contributed by atoms with Crippen molar-refractivity contribution in [3.05, 3.63) is 112 Å². The summed E-state index contributed by atoms with van der Waals surface area (Å²) < 4.78 is 6.96. The topological polar surface area (TPSA) is 49.9 Å². The van der Waals surface area contributed by atoms with E-state index in [1.54, 1.807) is 35.6 Å². The van der Waals surface area contributed by atoms with E-state index in [2.05, 4.69) is 35.2 Å². The van der Waals surface area contributed by atoms with Crippen molar-refractivity contribution >= 4 is 53.1 Å². The molecule has 2 aliphatic rings. The molecule has 198 valence electrons. The van der Waals surface area contributed by atoms with Crippen LogP contribution in [-0.2, 0) is 19.9 Å². The fourth-order valence-electron chi connectivity index (χ4n) is 5.58. The van der Waals surface area contributed by atoms with Crippen LogP contribution in [0.25, 0.3) is 10.4 Å². The smallest absolute Gasteiger partial charge is 0.248 e. The molecule has 39 heavy (non-hydrogen) atoms. The zero-order valence-electron chi connectivity index (χ0n) is 21.1. The van der Waals surface area contributed by atoms with Crippen molar-refractivity contribution < 1.29 is 14.3 Å². The number of ketones is 1. The second-order valence-corrected chi connectivity index (χ2v) is 11.5. The van der Waals surface area contributed by atoms with E-state index in [1.807, 2.05) is 35.7 Å². The number of rotatable bonds is 5. The summed E-state index contributed by atoms with van der Waals surface area (Å²) in [6.07, 6.45) is 0.0833. The largest absolute Gasteiger partial charge is 0.378 e. The molecular formula is C31H27ClN2O3S2. The van der Waals surface area contributed by atoms with Gasteiger partial charge in [-0.25, -0.2) is 0 Å². The third-order valence-corrected chi connectivity index (χ3v) is 9.50. The van der Waals surface area contributed by atoms with E-state index in [9.17, 15) is 9.59 Å². The fourth-order valence-corrected chi connectivity index (χ4v) is 7.23. The van der Waals surface area contributed by atoms with Gasteiger partial charge in [0.15, 0.2) is 5.78 Å². The average Bonchev–Trinajstić information content (AvgIpc) is 3.48. The Morgan fingerprint density at radius 2 is 1.59 bits per heavy atom. The molecular weight excluding hydrogens is 548 g/mol. The molecule has 6 rings (SSSR count). The highest BCUT2D eigenvalue weighted by atomic mass is 35.5. The quantitative estimate of drug-likeness (QED) is 0.216. The van der Waals surface area contributed by atoms with E-state index in [1.165, 1.54) is 4.31 Å². The standard InChI is InChI=1S/C31H27ClN2O3S2/c32-26-9-5-4-8-25(26)29-27(35)19-31(34(38)30(29)36,23-18-28(39-20-23)21-6-2-1-3-7-21)22-10-12-24(13-11-22)33-14-16-37-17-15-33/h1-13,18,20,29,38H,14-17,19H2. The van der Waals surface area contributed by atoms with Gasteiger partial charge in [-0.05, 0) is 51.9 Å². The number of piperidine rings is 1. The molecule has 0 bridgehead atoms. The average molecular weight is 575 g/mol. The molecule has 4 aromatic rings. The second kappa shape index (κ2) is 10.8. The summed E-state index contributed by atoms with van der Waals surface area (Å²) in [5, 5.41) is 2.44. The van der Waals surface area contributed by atoms with Crippen LogP contribution in [0.2, 0.25) is 5.02 Å². The van der Waals surface area contributed by atoms with Crippen molar-refractivity contribution in [3.63, 3.8) is 0 Å². The zero-order valence-corrected chi connectivity index (χ0v) is 23.6. The molecule has 0 radical (unpaired) electrons. The summed E-state index contributed by atoms with van der Waals surface area (Å²) in [5.74, 6) is -1.56. The number of anilines is 1. The Morgan fingerprint density at radius 1 is 0.897 bits per heavy atom. The lowest BCUT2D eigenvalue weighted by Gasteiger charge is -2.46. The van der Waals surface area contributed by atoms with Crippen molar-refractivity contribution in [3.8, 4) is 10.4 Å². The fraction of sp³-hybridized carbons (Fsp3) is 0.226. The minimum Gasteiger partial charge on any atom is -0.378 e. The maximum absolute atomic E-state index is 14.0. The molecule has 8 heteroatoms. The first kappa shape index (κ1) is 26.1. The number of hydrogen-bond acceptors (Lipinski definition) is 6. The molecule has 3 heterocycles. The highest BCUT2D eigenvalue weighted by Gasteiger charge is 2.53. The number of carbonyl (C=O) groups excluding carboxylic acids is 2. The van der Waals surface area contributed by atoms with Crippen LogP contribution >= 0.6 is 35.8 Å². The first-order valence-electron chi connectivity index (χ1n) is 12.9. The van der Waals surface area contributed by atoms with Crippen molar-refractivity contribution in [2.75, 3.05) is 31.2 Å².